The molecule has 4 aromatic carbocycles. The Kier molecular flexibility index (Phi) is 13.7. The molecule has 0 radical (unpaired) electrons. The van der Waals surface area contributed by atoms with E-state index < -0.39 is 0 Å². The maximum atomic E-state index is 11.8. The van der Waals surface area contributed by atoms with E-state index in [4.69, 9.17) is 11.6 Å². The fourth-order valence-electron chi connectivity index (χ4n) is 3.77. The molecule has 1 aliphatic rings. The number of hydrogen-bond acceptors (Lipinski definition) is 5. The normalized spacial score (nSPS) is 11.4. The number of aromatic amines is 1. The van der Waals surface area contributed by atoms with Gasteiger partial charge in [-0.15, -0.1) is 0 Å². The molecule has 2 amide bonds. The van der Waals surface area contributed by atoms with Crippen molar-refractivity contribution in [1.82, 2.24) is 15.3 Å². The Morgan fingerprint density at radius 2 is 1.65 bits per heavy atom. The highest BCUT2D eigenvalue weighted by Crippen LogP contribution is 2.29. The molecule has 1 fully saturated rings. The van der Waals surface area contributed by atoms with Gasteiger partial charge in [-0.25, -0.2) is 4.98 Å². The zero-order chi connectivity index (χ0) is 31.0. The molecule has 0 saturated heterocycles. The summed E-state index contributed by atoms with van der Waals surface area (Å²) in [5.41, 5.74) is 10.1. The first kappa shape index (κ1) is 33.3. The van der Waals surface area contributed by atoms with Gasteiger partial charge in [-0.1, -0.05) is 76.1 Å². The smallest absolute Gasteiger partial charge is 0.223 e. The predicted molar refractivity (Wildman–Crippen MR) is 181 cm³/mol. The largest absolute Gasteiger partial charge is 0.352 e. The molecule has 0 aliphatic heterocycles. The third-order valence-corrected chi connectivity index (χ3v) is 6.93. The van der Waals surface area contributed by atoms with Crippen molar-refractivity contribution < 1.29 is 9.59 Å². The van der Waals surface area contributed by atoms with E-state index in [1.807, 2.05) is 97.9 Å². The number of H-pyrrole nitrogens is 1. The molecular weight excluding hydrogens is 628 g/mol. The van der Waals surface area contributed by atoms with Gasteiger partial charge in [-0.2, -0.15) is 0 Å². The van der Waals surface area contributed by atoms with Crippen LogP contribution < -0.4 is 21.7 Å². The number of carbonyl (C=O) groups excluding carboxylic acids is 2. The van der Waals surface area contributed by atoms with Crippen LogP contribution in [0.2, 0.25) is 5.02 Å². The van der Waals surface area contributed by atoms with Gasteiger partial charge in [0.05, 0.1) is 21.7 Å². The van der Waals surface area contributed by atoms with E-state index >= 15 is 0 Å². The molecule has 6 N–H and O–H groups in total. The Labute approximate surface area is 265 Å². The molecule has 43 heavy (non-hydrogen) atoms. The summed E-state index contributed by atoms with van der Waals surface area (Å²) in [6.07, 6.45) is 2.67. The topological polar surface area (TPSA) is 125 Å². The summed E-state index contributed by atoms with van der Waals surface area (Å²) in [6.45, 7) is 2.55. The van der Waals surface area contributed by atoms with Crippen LogP contribution in [0.3, 0.4) is 0 Å². The van der Waals surface area contributed by atoms with Crippen LogP contribution in [0.4, 0.5) is 17.3 Å². The average Bonchev–Trinajstić information content (AvgIpc) is 3.82. The second-order valence-electron chi connectivity index (χ2n) is 9.46. The van der Waals surface area contributed by atoms with E-state index in [2.05, 4.69) is 53.6 Å². The zero-order valence-electron chi connectivity index (χ0n) is 24.1. The van der Waals surface area contributed by atoms with Gasteiger partial charge in [0, 0.05) is 22.6 Å². The fourth-order valence-corrected chi connectivity index (χ4v) is 4.20. The molecule has 0 unspecified atom stereocenters. The highest BCUT2D eigenvalue weighted by molar-refractivity contribution is 9.10. The van der Waals surface area contributed by atoms with E-state index in [1.54, 1.807) is 0 Å². The van der Waals surface area contributed by atoms with Crippen molar-refractivity contribution in [2.24, 2.45) is 11.7 Å². The Bertz CT molecular complexity index is 1550. The number of benzene rings is 4. The van der Waals surface area contributed by atoms with E-state index in [9.17, 15) is 9.59 Å². The van der Waals surface area contributed by atoms with Crippen LogP contribution in [0.1, 0.15) is 24.0 Å². The maximum absolute atomic E-state index is 11.8. The third-order valence-electron chi connectivity index (χ3n) is 6.07. The highest BCUT2D eigenvalue weighted by atomic mass is 79.9. The van der Waals surface area contributed by atoms with Gasteiger partial charge >= 0.3 is 0 Å². The van der Waals surface area contributed by atoms with Crippen molar-refractivity contribution in [2.75, 3.05) is 17.7 Å². The van der Waals surface area contributed by atoms with Crippen molar-refractivity contribution in [3.8, 4) is 0 Å². The number of aryl methyl sites for hydroxylation is 1. The summed E-state index contributed by atoms with van der Waals surface area (Å²) in [5, 5.41) is 9.34. The molecule has 5 aromatic rings. The van der Waals surface area contributed by atoms with Gasteiger partial charge < -0.3 is 26.7 Å². The average molecular weight is 664 g/mol. The molecule has 8 nitrogen and oxygen atoms in total. The number of aromatic nitrogens is 2. The monoisotopic (exact) mass is 662 g/mol. The Balaban J connectivity index is 0.000000230. The minimum Gasteiger partial charge on any atom is -0.352 e. The van der Waals surface area contributed by atoms with Crippen molar-refractivity contribution in [2.45, 2.75) is 26.3 Å². The minimum absolute atomic E-state index is 0.136. The lowest BCUT2D eigenvalue weighted by Crippen LogP contribution is -2.24. The Morgan fingerprint density at radius 1 is 1.00 bits per heavy atom. The van der Waals surface area contributed by atoms with Crippen molar-refractivity contribution in [1.29, 1.82) is 0 Å². The van der Waals surface area contributed by atoms with Crippen LogP contribution in [-0.2, 0) is 16.1 Å². The van der Waals surface area contributed by atoms with Gasteiger partial charge in [0.2, 0.25) is 18.3 Å². The van der Waals surface area contributed by atoms with Gasteiger partial charge in [0.15, 0.2) is 0 Å². The molecular formula is C33H36BrClN6O2. The second kappa shape index (κ2) is 17.7. The lowest BCUT2D eigenvalue weighted by Gasteiger charge is -2.09. The first-order chi connectivity index (χ1) is 20.9. The molecule has 6 rings (SSSR count). The van der Waals surface area contributed by atoms with Gasteiger partial charge in [-0.05, 0) is 86.5 Å². The van der Waals surface area contributed by atoms with E-state index in [1.165, 1.54) is 12.6 Å². The lowest BCUT2D eigenvalue weighted by molar-refractivity contribution is -0.122. The molecule has 1 saturated carbocycles. The van der Waals surface area contributed by atoms with Gasteiger partial charge in [0.1, 0.15) is 0 Å². The van der Waals surface area contributed by atoms with Crippen LogP contribution in [-0.4, -0.2) is 29.3 Å². The Hall–Kier alpha value is -4.18. The number of amides is 2. The number of nitrogens with one attached hydrogen (secondary N) is 4. The molecule has 1 heterocycles. The third kappa shape index (κ3) is 11.5. The van der Waals surface area contributed by atoms with Crippen LogP contribution in [0.15, 0.2) is 102 Å². The lowest BCUT2D eigenvalue weighted by atomic mass is 10.2. The minimum atomic E-state index is 0.136. The molecule has 0 spiro atoms. The van der Waals surface area contributed by atoms with E-state index in [0.717, 1.165) is 45.3 Å². The summed E-state index contributed by atoms with van der Waals surface area (Å²) >= 11 is 9.58. The summed E-state index contributed by atoms with van der Waals surface area (Å²) in [7, 11) is 1.50. The fraction of sp³-hybridized carbons (Fsp3) is 0.182. The van der Waals surface area contributed by atoms with Crippen molar-refractivity contribution >= 4 is 68.2 Å². The molecule has 1 aliphatic carbocycles. The number of carbonyl (C=O) groups is 2. The predicted octanol–water partition coefficient (Wildman–Crippen LogP) is 7.57. The standard InChI is InChI=1S/C19H19ClN4O.C7H6BrNO.C6H6.CH5N/c1-11-2-7-15-17(8-11)24-19(22-15)23-16-9-12(3-6-14(16)20)10-21-18(25)13-4-5-13;8-6-1-3-7(4-2-6)9-5-10;1-2-4-6-5-3-1;1-2/h2-3,6-9,13H,4-5,10H2,1H3,(H,21,25)(H2,22,23,24);1-5H,(H,9,10);1-6H;2H2,1H3. The molecule has 224 valence electrons. The number of nitrogens with two attached hydrogens (primary N) is 1. The summed E-state index contributed by atoms with van der Waals surface area (Å²) < 4.78 is 1.00. The molecule has 1 aromatic heterocycles. The van der Waals surface area contributed by atoms with Gasteiger partial charge in [-0.3, -0.25) is 9.59 Å². The van der Waals surface area contributed by atoms with Crippen LogP contribution >= 0.6 is 27.5 Å². The first-order valence-corrected chi connectivity index (χ1v) is 14.9. The number of fused-ring (bicyclic) bond motifs is 1. The summed E-state index contributed by atoms with van der Waals surface area (Å²) in [6, 6.07) is 31.1. The first-order valence-electron chi connectivity index (χ1n) is 13.7. The zero-order valence-corrected chi connectivity index (χ0v) is 26.5. The van der Waals surface area contributed by atoms with Crippen LogP contribution in [0.5, 0.6) is 0 Å². The number of halogens is 2. The quantitative estimate of drug-likeness (QED) is 0.115. The second-order valence-corrected chi connectivity index (χ2v) is 10.8. The van der Waals surface area contributed by atoms with E-state index in [-0.39, 0.29) is 11.8 Å². The summed E-state index contributed by atoms with van der Waals surface area (Å²) in [4.78, 5) is 29.5. The number of anilines is 3. The van der Waals surface area contributed by atoms with Crippen molar-refractivity contribution in [3.05, 3.63) is 118 Å². The van der Waals surface area contributed by atoms with Crippen LogP contribution in [0.25, 0.3) is 11.0 Å². The van der Waals surface area contributed by atoms with E-state index in [0.29, 0.717) is 23.9 Å². The highest BCUT2D eigenvalue weighted by Gasteiger charge is 2.29. The summed E-state index contributed by atoms with van der Waals surface area (Å²) in [5.74, 6) is 0.989. The number of nitrogens with zero attached hydrogens (tertiary/aromatic N) is 1. The number of hydrogen-bond donors (Lipinski definition) is 5. The SMILES string of the molecule is CN.Cc1ccc2nc(Nc3cc(CNC(=O)C4CC4)ccc3Cl)[nH]c2c1.O=CNc1ccc(Br)cc1.c1ccccc1. The number of imidazole rings is 1. The van der Waals surface area contributed by atoms with Crippen molar-refractivity contribution in [3.63, 3.8) is 0 Å². The molecule has 0 bridgehead atoms. The van der Waals surface area contributed by atoms with Crippen LogP contribution in [0, 0.1) is 12.8 Å². The molecule has 0 atom stereocenters. The maximum Gasteiger partial charge on any atom is 0.223 e. The molecule has 10 heteroatoms. The Morgan fingerprint density at radius 3 is 2.26 bits per heavy atom. The number of rotatable bonds is 7. The van der Waals surface area contributed by atoms with Gasteiger partial charge in [0.25, 0.3) is 0 Å².